The Morgan fingerprint density at radius 3 is 2.12 bits per heavy atom. The lowest BCUT2D eigenvalue weighted by Crippen LogP contribution is -2.25. The third kappa shape index (κ3) is 2.59. The molecule has 0 fully saturated rings. The van der Waals surface area contributed by atoms with Gasteiger partial charge in [0.1, 0.15) is 17.1 Å². The molecule has 0 heterocycles. The molecule has 0 aliphatic heterocycles. The van der Waals surface area contributed by atoms with Crippen LogP contribution in [-0.4, -0.2) is 5.11 Å². The van der Waals surface area contributed by atoms with Gasteiger partial charge in [0.15, 0.2) is 0 Å². The van der Waals surface area contributed by atoms with Gasteiger partial charge in [-0.3, -0.25) is 0 Å². The van der Waals surface area contributed by atoms with Crippen LogP contribution < -0.4 is 4.74 Å². The summed E-state index contributed by atoms with van der Waals surface area (Å²) in [5.41, 5.74) is 0.219. The lowest BCUT2D eigenvalue weighted by molar-refractivity contribution is 0.105. The fraction of sp³-hybridized carbons (Fsp3) is 0.200. The highest BCUT2D eigenvalue weighted by atomic mass is 16.5. The van der Waals surface area contributed by atoms with Gasteiger partial charge in [-0.25, -0.2) is 0 Å². The fourth-order valence-corrected chi connectivity index (χ4v) is 1.82. The third-order valence-corrected chi connectivity index (χ3v) is 2.67. The lowest BCUT2D eigenvalue weighted by atomic mass is 9.97. The zero-order chi connectivity index (χ0) is 12.3. The highest BCUT2D eigenvalue weighted by molar-refractivity contribution is 5.37. The average molecular weight is 228 g/mol. The van der Waals surface area contributed by atoms with Gasteiger partial charge in [-0.05, 0) is 32.0 Å². The van der Waals surface area contributed by atoms with Crippen molar-refractivity contribution in [2.75, 3.05) is 0 Å². The second kappa shape index (κ2) is 4.50. The van der Waals surface area contributed by atoms with E-state index in [0.29, 0.717) is 0 Å². The minimum atomic E-state index is -0.563. The zero-order valence-electron chi connectivity index (χ0n) is 10.1. The number of phenols is 1. The van der Waals surface area contributed by atoms with Gasteiger partial charge in [0, 0.05) is 5.56 Å². The van der Waals surface area contributed by atoms with Crippen LogP contribution in [0.3, 0.4) is 0 Å². The van der Waals surface area contributed by atoms with Crippen molar-refractivity contribution < 1.29 is 9.84 Å². The second-order valence-electron chi connectivity index (χ2n) is 4.44. The van der Waals surface area contributed by atoms with Gasteiger partial charge >= 0.3 is 0 Å². The van der Waals surface area contributed by atoms with Gasteiger partial charge < -0.3 is 9.84 Å². The molecule has 2 aromatic rings. The number of rotatable bonds is 3. The van der Waals surface area contributed by atoms with Gasteiger partial charge in [0.25, 0.3) is 0 Å². The number of hydrogen-bond donors (Lipinski definition) is 1. The summed E-state index contributed by atoms with van der Waals surface area (Å²) in [4.78, 5) is 0. The number of ether oxygens (including phenoxy) is 1. The Hall–Kier alpha value is -1.96. The van der Waals surface area contributed by atoms with E-state index in [1.807, 2.05) is 56.3 Å². The van der Waals surface area contributed by atoms with Crippen molar-refractivity contribution in [3.8, 4) is 11.5 Å². The normalized spacial score (nSPS) is 11.2. The van der Waals surface area contributed by atoms with E-state index in [4.69, 9.17) is 4.74 Å². The largest absolute Gasteiger partial charge is 0.508 e. The van der Waals surface area contributed by atoms with Crippen molar-refractivity contribution in [1.82, 2.24) is 0 Å². The van der Waals surface area contributed by atoms with Crippen LogP contribution in [-0.2, 0) is 5.60 Å². The van der Waals surface area contributed by atoms with Gasteiger partial charge in [0.05, 0.1) is 0 Å². The van der Waals surface area contributed by atoms with Crippen LogP contribution in [0.5, 0.6) is 11.5 Å². The maximum Gasteiger partial charge on any atom is 0.132 e. The summed E-state index contributed by atoms with van der Waals surface area (Å²) >= 11 is 0. The molecule has 2 aromatic carbocycles. The maximum atomic E-state index is 9.84. The summed E-state index contributed by atoms with van der Waals surface area (Å²) in [5, 5.41) is 9.84. The first-order valence-corrected chi connectivity index (χ1v) is 5.62. The summed E-state index contributed by atoms with van der Waals surface area (Å²) in [6.45, 7) is 3.88. The molecule has 17 heavy (non-hydrogen) atoms. The van der Waals surface area contributed by atoms with Crippen molar-refractivity contribution in [2.24, 2.45) is 0 Å². The average Bonchev–Trinajstić information content (AvgIpc) is 2.30. The molecule has 0 amide bonds. The molecule has 88 valence electrons. The van der Waals surface area contributed by atoms with E-state index in [1.165, 1.54) is 0 Å². The third-order valence-electron chi connectivity index (χ3n) is 2.67. The summed E-state index contributed by atoms with van der Waals surface area (Å²) in [7, 11) is 0. The number of hydrogen-bond acceptors (Lipinski definition) is 2. The molecule has 0 saturated carbocycles. The highest BCUT2D eigenvalue weighted by Crippen LogP contribution is 2.32. The van der Waals surface area contributed by atoms with Crippen molar-refractivity contribution in [1.29, 1.82) is 0 Å². The van der Waals surface area contributed by atoms with Crippen molar-refractivity contribution in [3.05, 3.63) is 60.2 Å². The summed E-state index contributed by atoms with van der Waals surface area (Å²) < 4.78 is 5.91. The Labute approximate surface area is 101 Å². The van der Waals surface area contributed by atoms with Crippen LogP contribution in [0.15, 0.2) is 54.6 Å². The van der Waals surface area contributed by atoms with E-state index in [-0.39, 0.29) is 5.75 Å². The predicted octanol–water partition coefficient (Wildman–Crippen LogP) is 3.71. The summed E-state index contributed by atoms with van der Waals surface area (Å²) in [6, 6.07) is 16.8. The quantitative estimate of drug-likeness (QED) is 0.867. The van der Waals surface area contributed by atoms with Crippen LogP contribution in [0.1, 0.15) is 19.4 Å². The van der Waals surface area contributed by atoms with Gasteiger partial charge in [-0.1, -0.05) is 36.4 Å². The van der Waals surface area contributed by atoms with E-state index in [1.54, 1.807) is 12.1 Å². The zero-order valence-corrected chi connectivity index (χ0v) is 10.1. The van der Waals surface area contributed by atoms with E-state index < -0.39 is 5.60 Å². The fourth-order valence-electron chi connectivity index (χ4n) is 1.82. The van der Waals surface area contributed by atoms with E-state index >= 15 is 0 Å². The Bertz CT molecular complexity index is 489. The molecule has 0 bridgehead atoms. The predicted molar refractivity (Wildman–Crippen MR) is 68.2 cm³/mol. The van der Waals surface area contributed by atoms with Crippen molar-refractivity contribution in [3.63, 3.8) is 0 Å². The van der Waals surface area contributed by atoms with Crippen LogP contribution in [0.2, 0.25) is 0 Å². The molecular formula is C15H16O2. The molecule has 2 nitrogen and oxygen atoms in total. The first-order valence-electron chi connectivity index (χ1n) is 5.62. The van der Waals surface area contributed by atoms with Crippen LogP contribution >= 0.6 is 0 Å². The smallest absolute Gasteiger partial charge is 0.132 e. The van der Waals surface area contributed by atoms with E-state index in [9.17, 15) is 5.11 Å². The molecule has 0 spiro atoms. The topological polar surface area (TPSA) is 29.5 Å². The SMILES string of the molecule is CC(C)(Oc1ccccc1)c1ccccc1O. The number of phenolic OH excluding ortho intramolecular Hbond substituents is 1. The Morgan fingerprint density at radius 2 is 1.47 bits per heavy atom. The molecular weight excluding hydrogens is 212 g/mol. The Morgan fingerprint density at radius 1 is 0.882 bits per heavy atom. The number of para-hydroxylation sites is 2. The molecule has 0 aliphatic carbocycles. The first-order chi connectivity index (χ1) is 8.09. The van der Waals surface area contributed by atoms with Gasteiger partial charge in [-0.15, -0.1) is 0 Å². The van der Waals surface area contributed by atoms with Crippen LogP contribution in [0, 0.1) is 0 Å². The first kappa shape index (κ1) is 11.5. The van der Waals surface area contributed by atoms with Crippen LogP contribution in [0.4, 0.5) is 0 Å². The van der Waals surface area contributed by atoms with E-state index in [2.05, 4.69) is 0 Å². The number of benzene rings is 2. The monoisotopic (exact) mass is 228 g/mol. The molecule has 0 aromatic heterocycles. The van der Waals surface area contributed by atoms with Crippen molar-refractivity contribution in [2.45, 2.75) is 19.4 Å². The van der Waals surface area contributed by atoms with Gasteiger partial charge in [0.2, 0.25) is 0 Å². The lowest BCUT2D eigenvalue weighted by Gasteiger charge is -2.27. The Balaban J connectivity index is 2.28. The van der Waals surface area contributed by atoms with Gasteiger partial charge in [-0.2, -0.15) is 0 Å². The molecule has 0 unspecified atom stereocenters. The molecule has 0 atom stereocenters. The minimum absolute atomic E-state index is 0.258. The minimum Gasteiger partial charge on any atom is -0.508 e. The number of aromatic hydroxyl groups is 1. The molecule has 0 aliphatic rings. The highest BCUT2D eigenvalue weighted by Gasteiger charge is 2.25. The van der Waals surface area contributed by atoms with Crippen LogP contribution in [0.25, 0.3) is 0 Å². The standard InChI is InChI=1S/C15H16O2/c1-15(2,13-10-6-7-11-14(13)16)17-12-8-4-3-5-9-12/h3-11,16H,1-2H3. The summed E-state index contributed by atoms with van der Waals surface area (Å²) in [5.74, 6) is 1.05. The molecule has 0 saturated heterocycles. The molecule has 2 heteroatoms. The maximum absolute atomic E-state index is 9.84. The molecule has 2 rings (SSSR count). The molecule has 1 N–H and O–H groups in total. The molecule has 0 radical (unpaired) electrons. The second-order valence-corrected chi connectivity index (χ2v) is 4.44. The van der Waals surface area contributed by atoms with Crippen molar-refractivity contribution >= 4 is 0 Å². The summed E-state index contributed by atoms with van der Waals surface area (Å²) in [6.07, 6.45) is 0. The van der Waals surface area contributed by atoms with E-state index in [0.717, 1.165) is 11.3 Å². The Kier molecular flexibility index (Phi) is 3.05.